The van der Waals surface area contributed by atoms with Gasteiger partial charge in [0.15, 0.2) is 0 Å². The van der Waals surface area contributed by atoms with Crippen molar-refractivity contribution in [2.75, 3.05) is 19.7 Å². The maximum Gasteiger partial charge on any atom is 0.306 e. The van der Waals surface area contributed by atoms with Crippen molar-refractivity contribution in [1.82, 2.24) is 5.32 Å². The van der Waals surface area contributed by atoms with E-state index < -0.39 is 35.2 Å². The first-order valence-corrected chi connectivity index (χ1v) is 15.7. The number of hydrogen-bond donors (Lipinski definition) is 3. The maximum absolute atomic E-state index is 12.6. The summed E-state index contributed by atoms with van der Waals surface area (Å²) in [5.74, 6) is -1.62. The van der Waals surface area contributed by atoms with Crippen molar-refractivity contribution in [3.05, 3.63) is 70.3 Å². The van der Waals surface area contributed by atoms with Gasteiger partial charge in [0.2, 0.25) is 12.5 Å². The lowest BCUT2D eigenvalue weighted by Crippen LogP contribution is -2.22. The van der Waals surface area contributed by atoms with E-state index in [1.165, 1.54) is 0 Å². The Balaban J connectivity index is 1.93. The highest BCUT2D eigenvalue weighted by atomic mass is 16.6. The minimum Gasteiger partial charge on any atom is -0.466 e. The minimum absolute atomic E-state index is 0.0327. The first kappa shape index (κ1) is 36.6. The molecular formula is C33H48N2O9. The number of nitrogens with zero attached hydrogens (tertiary/aromatic N) is 1. The molecule has 1 aliphatic carbocycles. The molecule has 244 valence electrons. The average molecular weight is 617 g/mol. The summed E-state index contributed by atoms with van der Waals surface area (Å²) < 4.78 is 10.8. The highest BCUT2D eigenvalue weighted by Gasteiger charge is 2.39. The van der Waals surface area contributed by atoms with Gasteiger partial charge in [0.05, 0.1) is 31.7 Å². The van der Waals surface area contributed by atoms with E-state index in [9.17, 15) is 34.7 Å². The third-order valence-corrected chi connectivity index (χ3v) is 7.56. The number of nitro groups is 1. The van der Waals surface area contributed by atoms with Crippen LogP contribution in [-0.2, 0) is 30.3 Å². The van der Waals surface area contributed by atoms with Gasteiger partial charge < -0.3 is 25.0 Å². The van der Waals surface area contributed by atoms with Crippen molar-refractivity contribution >= 4 is 17.8 Å². The van der Waals surface area contributed by atoms with Gasteiger partial charge in [-0.25, -0.2) is 0 Å². The quantitative estimate of drug-likeness (QED) is 0.0607. The first-order chi connectivity index (χ1) is 21.2. The predicted octanol–water partition coefficient (Wildman–Crippen LogP) is 4.08. The lowest BCUT2D eigenvalue weighted by Gasteiger charge is -2.21. The molecule has 1 aliphatic rings. The molecule has 0 heterocycles. The van der Waals surface area contributed by atoms with Crippen LogP contribution in [-0.4, -0.2) is 71.0 Å². The average Bonchev–Trinajstić information content (AvgIpc) is 3.26. The Morgan fingerprint density at radius 1 is 1.05 bits per heavy atom. The van der Waals surface area contributed by atoms with Gasteiger partial charge in [-0.05, 0) is 63.0 Å². The van der Waals surface area contributed by atoms with E-state index in [0.29, 0.717) is 45.1 Å². The second-order valence-electron chi connectivity index (χ2n) is 11.1. The van der Waals surface area contributed by atoms with Gasteiger partial charge in [-0.3, -0.25) is 24.5 Å². The van der Waals surface area contributed by atoms with Crippen LogP contribution in [0.5, 0.6) is 0 Å². The molecule has 11 heteroatoms. The number of aryl methyl sites for hydroxylation is 1. The van der Waals surface area contributed by atoms with Gasteiger partial charge in [-0.15, -0.1) is 0 Å². The van der Waals surface area contributed by atoms with Gasteiger partial charge >= 0.3 is 11.9 Å². The van der Waals surface area contributed by atoms with Crippen molar-refractivity contribution in [2.45, 2.75) is 95.9 Å². The molecule has 1 fully saturated rings. The highest BCUT2D eigenvalue weighted by Crippen LogP contribution is 2.36. The van der Waals surface area contributed by atoms with Crippen LogP contribution in [0, 0.1) is 22.0 Å². The summed E-state index contributed by atoms with van der Waals surface area (Å²) in [5, 5.41) is 34.5. The van der Waals surface area contributed by atoms with E-state index in [1.54, 1.807) is 6.08 Å². The van der Waals surface area contributed by atoms with E-state index >= 15 is 0 Å². The number of hydrogen-bond acceptors (Lipinski definition) is 9. The second kappa shape index (κ2) is 21.2. The Hall–Kier alpha value is -3.57. The lowest BCUT2D eigenvalue weighted by atomic mass is 9.89. The SMILES string of the molecule is CCNC(=O)CCC/C=C\C[C@@H]1[C@@H](/C=C/[C@H](CCc2ccccc2)OC(=O)CCC(=O)OCCCC[N+](=O)[O-])[C@H](O)C[C@@H]1O. The van der Waals surface area contributed by atoms with Crippen LogP contribution in [0.25, 0.3) is 0 Å². The Morgan fingerprint density at radius 2 is 1.80 bits per heavy atom. The first-order valence-electron chi connectivity index (χ1n) is 15.7. The summed E-state index contributed by atoms with van der Waals surface area (Å²) in [4.78, 5) is 46.2. The number of carbonyl (C=O) groups is 3. The number of aliphatic hydroxyl groups excluding tert-OH is 2. The monoisotopic (exact) mass is 616 g/mol. The van der Waals surface area contributed by atoms with E-state index in [4.69, 9.17) is 9.47 Å². The summed E-state index contributed by atoms with van der Waals surface area (Å²) in [7, 11) is 0. The van der Waals surface area contributed by atoms with Crippen molar-refractivity contribution in [3.8, 4) is 0 Å². The van der Waals surface area contributed by atoms with Gasteiger partial charge in [-0.1, -0.05) is 48.6 Å². The zero-order chi connectivity index (χ0) is 32.2. The molecule has 44 heavy (non-hydrogen) atoms. The van der Waals surface area contributed by atoms with E-state index in [0.717, 1.165) is 18.4 Å². The molecule has 0 aliphatic heterocycles. The lowest BCUT2D eigenvalue weighted by molar-refractivity contribution is -0.480. The van der Waals surface area contributed by atoms with Crippen LogP contribution in [0.3, 0.4) is 0 Å². The molecule has 1 aromatic rings. The fraction of sp³-hybridized carbons (Fsp3) is 0.606. The van der Waals surface area contributed by atoms with Crippen LogP contribution in [0.4, 0.5) is 0 Å². The summed E-state index contributed by atoms with van der Waals surface area (Å²) >= 11 is 0. The van der Waals surface area contributed by atoms with Crippen LogP contribution in [0.1, 0.15) is 76.7 Å². The zero-order valence-corrected chi connectivity index (χ0v) is 25.7. The molecule has 3 N–H and O–H groups in total. The van der Waals surface area contributed by atoms with Gasteiger partial charge in [0, 0.05) is 36.6 Å². The number of unbranched alkanes of at least 4 members (excludes halogenated alkanes) is 2. The van der Waals surface area contributed by atoms with Crippen LogP contribution in [0.15, 0.2) is 54.6 Å². The Labute approximate surface area is 259 Å². The Bertz CT molecular complexity index is 1080. The predicted molar refractivity (Wildman–Crippen MR) is 165 cm³/mol. The molecule has 2 rings (SSSR count). The standard InChI is InChI=1S/C33H48N2O9/c1-2-34-31(38)15-9-4-3-8-14-27-28(30(37)24-29(27)36)19-18-26(17-16-25-12-6-5-7-13-25)44-33(40)21-20-32(39)43-23-11-10-22-35(41)42/h3,5-8,12-13,18-19,26-30,36-37H,2,4,9-11,14-17,20-24H2,1H3,(H,34,38)/b8-3-,19-18+/t26-,27+,28+,29-,30+/m0/s1. The number of aliphatic hydroxyl groups is 2. The molecule has 11 nitrogen and oxygen atoms in total. The molecular weight excluding hydrogens is 568 g/mol. The van der Waals surface area contributed by atoms with Crippen molar-refractivity contribution in [3.63, 3.8) is 0 Å². The van der Waals surface area contributed by atoms with Gasteiger partial charge in [0.25, 0.3) is 0 Å². The van der Waals surface area contributed by atoms with E-state index in [1.807, 2.05) is 55.5 Å². The van der Waals surface area contributed by atoms with E-state index in [-0.39, 0.29) is 50.2 Å². The smallest absolute Gasteiger partial charge is 0.306 e. The Kier molecular flexibility index (Phi) is 17.6. The number of esters is 2. The molecule has 0 spiro atoms. The maximum atomic E-state index is 12.6. The number of allylic oxidation sites excluding steroid dienone is 2. The van der Waals surface area contributed by atoms with Crippen LogP contribution >= 0.6 is 0 Å². The molecule has 0 radical (unpaired) electrons. The second-order valence-corrected chi connectivity index (χ2v) is 11.1. The summed E-state index contributed by atoms with van der Waals surface area (Å²) in [6, 6.07) is 9.76. The number of benzene rings is 1. The number of nitrogens with one attached hydrogen (secondary N) is 1. The molecule has 1 aromatic carbocycles. The Morgan fingerprint density at radius 3 is 2.52 bits per heavy atom. The third kappa shape index (κ3) is 15.2. The molecule has 5 atom stereocenters. The van der Waals surface area contributed by atoms with Crippen LogP contribution < -0.4 is 5.32 Å². The van der Waals surface area contributed by atoms with Gasteiger partial charge in [0.1, 0.15) is 6.10 Å². The van der Waals surface area contributed by atoms with Crippen molar-refractivity contribution < 1.29 is 39.0 Å². The fourth-order valence-corrected chi connectivity index (χ4v) is 5.18. The molecule has 0 aromatic heterocycles. The molecule has 0 saturated heterocycles. The van der Waals surface area contributed by atoms with Crippen molar-refractivity contribution in [2.24, 2.45) is 11.8 Å². The topological polar surface area (TPSA) is 165 Å². The van der Waals surface area contributed by atoms with Gasteiger partial charge in [-0.2, -0.15) is 0 Å². The molecule has 0 unspecified atom stereocenters. The van der Waals surface area contributed by atoms with Crippen molar-refractivity contribution in [1.29, 1.82) is 0 Å². The fourth-order valence-electron chi connectivity index (χ4n) is 5.18. The third-order valence-electron chi connectivity index (χ3n) is 7.56. The highest BCUT2D eigenvalue weighted by molar-refractivity contribution is 5.77. The number of ether oxygens (including phenoxy) is 2. The number of amides is 1. The number of carbonyl (C=O) groups excluding carboxylic acids is 3. The summed E-state index contributed by atoms with van der Waals surface area (Å²) in [6.07, 6.45) is 9.84. The molecule has 1 saturated carbocycles. The zero-order valence-electron chi connectivity index (χ0n) is 25.7. The largest absolute Gasteiger partial charge is 0.466 e. The molecule has 0 bridgehead atoms. The molecule has 1 amide bonds. The van der Waals surface area contributed by atoms with Crippen LogP contribution in [0.2, 0.25) is 0 Å². The minimum atomic E-state index is -0.733. The number of rotatable bonds is 21. The summed E-state index contributed by atoms with van der Waals surface area (Å²) in [5.41, 5.74) is 1.08. The van der Waals surface area contributed by atoms with E-state index in [2.05, 4.69) is 5.32 Å². The normalized spacial score (nSPS) is 20.5. The summed E-state index contributed by atoms with van der Waals surface area (Å²) in [6.45, 7) is 2.38.